The minimum Gasteiger partial charge on any atom is -0.320 e. The third kappa shape index (κ3) is 4.32. The maximum atomic E-state index is 12.4. The number of hydrogen-bond donors (Lipinski definition) is 1. The van der Waals surface area contributed by atoms with Crippen LogP contribution in [0.1, 0.15) is 61.3 Å². The van der Waals surface area contributed by atoms with E-state index >= 15 is 0 Å². The number of carbonyl (C=O) groups excluding carboxylic acids is 3. The molecule has 0 spiro atoms. The van der Waals surface area contributed by atoms with Crippen LogP contribution in [0.5, 0.6) is 0 Å². The molecule has 4 rings (SSSR count). The lowest BCUT2D eigenvalue weighted by molar-refractivity contribution is -0.167. The summed E-state index contributed by atoms with van der Waals surface area (Å²) in [7, 11) is 0. The van der Waals surface area contributed by atoms with Crippen LogP contribution in [0.3, 0.4) is 0 Å². The molecule has 1 saturated carbocycles. The van der Waals surface area contributed by atoms with E-state index in [0.29, 0.717) is 25.0 Å². The summed E-state index contributed by atoms with van der Waals surface area (Å²) in [6, 6.07) is 0. The van der Waals surface area contributed by atoms with E-state index in [2.05, 4.69) is 25.7 Å². The Bertz CT molecular complexity index is 611. The molecule has 4 aliphatic rings. The van der Waals surface area contributed by atoms with Gasteiger partial charge in [0.1, 0.15) is 5.54 Å². The highest BCUT2D eigenvalue weighted by atomic mass is 16.2. The minimum absolute atomic E-state index is 0. The molecule has 0 aromatic rings. The Kier molecular flexibility index (Phi) is 9.25. The highest BCUT2D eigenvalue weighted by Gasteiger charge is 2.62. The predicted molar refractivity (Wildman–Crippen MR) is 106 cm³/mol. The number of carbonyl (C=O) groups is 3. The lowest BCUT2D eigenvalue weighted by atomic mass is 9.63. The molecule has 2 bridgehead atoms. The van der Waals surface area contributed by atoms with E-state index in [4.69, 9.17) is 0 Å². The van der Waals surface area contributed by atoms with E-state index < -0.39 is 5.54 Å². The first-order valence-electron chi connectivity index (χ1n) is 8.89. The van der Waals surface area contributed by atoms with Gasteiger partial charge in [-0.15, -0.1) is 6.58 Å². The molecule has 0 radical (unpaired) electrons. The highest BCUT2D eigenvalue weighted by Crippen LogP contribution is 2.48. The normalized spacial score (nSPS) is 26.1. The molecule has 0 unspecified atom stereocenters. The largest absolute Gasteiger partial charge is 0.320 e. The van der Waals surface area contributed by atoms with Crippen LogP contribution < -0.4 is 5.32 Å². The molecule has 1 N–H and O–H groups in total. The fourth-order valence-electron chi connectivity index (χ4n) is 3.25. The van der Waals surface area contributed by atoms with Gasteiger partial charge in [0.15, 0.2) is 0 Å². The van der Waals surface area contributed by atoms with E-state index in [1.807, 2.05) is 26.8 Å². The average molecular weight is 363 g/mol. The van der Waals surface area contributed by atoms with Gasteiger partial charge in [-0.05, 0) is 39.2 Å². The molecule has 146 valence electrons. The van der Waals surface area contributed by atoms with Crippen molar-refractivity contribution >= 4 is 17.7 Å². The highest BCUT2D eigenvalue weighted by molar-refractivity contribution is 6.11. The lowest BCUT2D eigenvalue weighted by Crippen LogP contribution is -2.73. The topological polar surface area (TPSA) is 66.5 Å². The molecule has 5 nitrogen and oxygen atoms in total. The Morgan fingerprint density at radius 1 is 1.23 bits per heavy atom. The minimum atomic E-state index is -0.791. The molecule has 0 atom stereocenters. The summed E-state index contributed by atoms with van der Waals surface area (Å²) in [4.78, 5) is 37.6. The Balaban J connectivity index is 0.000000793. The van der Waals surface area contributed by atoms with Crippen molar-refractivity contribution in [3.8, 4) is 0 Å². The van der Waals surface area contributed by atoms with Crippen molar-refractivity contribution in [2.75, 3.05) is 6.54 Å². The average Bonchev–Trinajstić information content (AvgIpc) is 2.76. The first kappa shape index (κ1) is 23.8. The van der Waals surface area contributed by atoms with Crippen LogP contribution in [0.15, 0.2) is 36.0 Å². The standard InChI is InChI=1S/C14H16N2O3.C3H8.C3H6.CH4/c1-3-4-10-8(2)7-16(12(10)18)14-5-9(6-14)11(17)15-13(14)19;2*1-3-2;/h3-4,9H,5-7H2,1-2H3,(H,15,17,19);3H2,1-2H3;3H,1H2,2H3;1H4/b4-3-;;;. The molecule has 0 aromatic carbocycles. The summed E-state index contributed by atoms with van der Waals surface area (Å²) < 4.78 is 0. The van der Waals surface area contributed by atoms with E-state index in [9.17, 15) is 14.4 Å². The number of piperidine rings is 2. The van der Waals surface area contributed by atoms with Crippen molar-refractivity contribution in [1.29, 1.82) is 0 Å². The fourth-order valence-corrected chi connectivity index (χ4v) is 3.25. The number of nitrogens with one attached hydrogen (secondary N) is 1. The van der Waals surface area contributed by atoms with Crippen molar-refractivity contribution in [3.05, 3.63) is 36.0 Å². The van der Waals surface area contributed by atoms with Crippen molar-refractivity contribution < 1.29 is 14.4 Å². The van der Waals surface area contributed by atoms with Crippen molar-refractivity contribution in [3.63, 3.8) is 0 Å². The quantitative estimate of drug-likeness (QED) is 0.601. The van der Waals surface area contributed by atoms with Gasteiger partial charge >= 0.3 is 0 Å². The zero-order valence-corrected chi connectivity index (χ0v) is 16.0. The Hall–Kier alpha value is -2.17. The second-order valence-corrected chi connectivity index (χ2v) is 6.66. The molecular formula is C21H34N2O3. The number of rotatable bonds is 2. The maximum Gasteiger partial charge on any atom is 0.255 e. The van der Waals surface area contributed by atoms with Gasteiger partial charge in [0.2, 0.25) is 5.91 Å². The molecule has 1 aliphatic carbocycles. The fraction of sp³-hybridized carbons (Fsp3) is 0.571. The maximum absolute atomic E-state index is 12.4. The number of nitrogens with zero attached hydrogens (tertiary/aromatic N) is 1. The number of hydrogen-bond acceptors (Lipinski definition) is 3. The summed E-state index contributed by atoms with van der Waals surface area (Å²) in [6.45, 7) is 13.7. The van der Waals surface area contributed by atoms with Crippen molar-refractivity contribution in [1.82, 2.24) is 10.2 Å². The van der Waals surface area contributed by atoms with Gasteiger partial charge in [0.25, 0.3) is 11.8 Å². The third-order valence-corrected chi connectivity index (χ3v) is 4.38. The molecule has 3 fully saturated rings. The zero-order valence-electron chi connectivity index (χ0n) is 16.0. The van der Waals surface area contributed by atoms with Gasteiger partial charge in [-0.2, -0.15) is 0 Å². The summed E-state index contributed by atoms with van der Waals surface area (Å²) >= 11 is 0. The van der Waals surface area contributed by atoms with Crippen molar-refractivity contribution in [2.24, 2.45) is 5.92 Å². The molecule has 5 heteroatoms. The molecular weight excluding hydrogens is 328 g/mol. The SMILES string of the molecule is C.C/C=C\C1=C(C)CN(C23CC(C2)C(=O)NC3=O)C1=O.C=CC.CCC. The summed E-state index contributed by atoms with van der Waals surface area (Å²) in [5.41, 5.74) is 0.857. The second kappa shape index (κ2) is 10.1. The van der Waals surface area contributed by atoms with E-state index in [-0.39, 0.29) is 31.1 Å². The summed E-state index contributed by atoms with van der Waals surface area (Å²) in [5.74, 6) is -0.727. The predicted octanol–water partition coefficient (Wildman–Crippen LogP) is 3.77. The van der Waals surface area contributed by atoms with Crippen molar-refractivity contribution in [2.45, 2.75) is 66.8 Å². The Morgan fingerprint density at radius 3 is 2.15 bits per heavy atom. The molecule has 0 aromatic heterocycles. The van der Waals surface area contributed by atoms with Crippen LogP contribution in [0.4, 0.5) is 0 Å². The molecule has 3 amide bonds. The Morgan fingerprint density at radius 2 is 1.73 bits per heavy atom. The van der Waals surface area contributed by atoms with E-state index in [1.165, 1.54) is 6.42 Å². The third-order valence-electron chi connectivity index (χ3n) is 4.38. The first-order valence-corrected chi connectivity index (χ1v) is 8.89. The molecule has 26 heavy (non-hydrogen) atoms. The molecule has 2 saturated heterocycles. The lowest BCUT2D eigenvalue weighted by Gasteiger charge is -2.54. The van der Waals surface area contributed by atoms with Crippen LogP contribution in [0.2, 0.25) is 0 Å². The van der Waals surface area contributed by atoms with Crippen LogP contribution in [-0.4, -0.2) is 34.7 Å². The number of amides is 3. The van der Waals surface area contributed by atoms with Crippen LogP contribution in [-0.2, 0) is 14.4 Å². The van der Waals surface area contributed by atoms with Crippen LogP contribution >= 0.6 is 0 Å². The summed E-state index contributed by atoms with van der Waals surface area (Å²) in [5, 5.41) is 2.37. The van der Waals surface area contributed by atoms with E-state index in [0.717, 1.165) is 5.57 Å². The zero-order chi connectivity index (χ0) is 19.2. The number of fused-ring (bicyclic) bond motifs is 2. The van der Waals surface area contributed by atoms with Crippen LogP contribution in [0, 0.1) is 5.92 Å². The van der Waals surface area contributed by atoms with Gasteiger partial charge in [-0.1, -0.05) is 45.9 Å². The number of allylic oxidation sites excluding steroid dienone is 2. The van der Waals surface area contributed by atoms with Gasteiger partial charge in [-0.25, -0.2) is 0 Å². The van der Waals surface area contributed by atoms with Crippen LogP contribution in [0.25, 0.3) is 0 Å². The number of imide groups is 1. The van der Waals surface area contributed by atoms with E-state index in [1.54, 1.807) is 17.1 Å². The summed E-state index contributed by atoms with van der Waals surface area (Å²) in [6.07, 6.45) is 7.56. The van der Waals surface area contributed by atoms with Gasteiger partial charge in [-0.3, -0.25) is 19.7 Å². The van der Waals surface area contributed by atoms with Gasteiger partial charge in [0.05, 0.1) is 0 Å². The smallest absolute Gasteiger partial charge is 0.255 e. The first-order chi connectivity index (χ1) is 11.8. The van der Waals surface area contributed by atoms with Gasteiger partial charge < -0.3 is 4.90 Å². The molecule has 3 aliphatic heterocycles. The Labute approximate surface area is 158 Å². The molecule has 3 heterocycles. The monoisotopic (exact) mass is 362 g/mol. The van der Waals surface area contributed by atoms with Gasteiger partial charge in [0, 0.05) is 18.0 Å². The second-order valence-electron chi connectivity index (χ2n) is 6.66.